The summed E-state index contributed by atoms with van der Waals surface area (Å²) in [5.74, 6) is 0. The molecule has 0 saturated carbocycles. The van der Waals surface area contributed by atoms with Crippen molar-refractivity contribution in [2.75, 3.05) is 0 Å². The minimum absolute atomic E-state index is 0.319. The second-order valence-electron chi connectivity index (χ2n) is 5.42. The zero-order valence-corrected chi connectivity index (χ0v) is 16.1. The Bertz CT molecular complexity index is 690. The van der Waals surface area contributed by atoms with Crippen molar-refractivity contribution in [2.24, 2.45) is 0 Å². The van der Waals surface area contributed by atoms with Crippen LogP contribution in [-0.4, -0.2) is 0 Å². The third-order valence-corrected chi connectivity index (χ3v) is 9.48. The fourth-order valence-corrected chi connectivity index (χ4v) is 8.99. The molecule has 0 aliphatic heterocycles. The average molecular weight is 395 g/mol. The monoisotopic (exact) mass is 393 g/mol. The molecule has 0 spiro atoms. The van der Waals surface area contributed by atoms with Gasteiger partial charge < -0.3 is 0 Å². The Hall–Kier alpha value is -0.357. The summed E-state index contributed by atoms with van der Waals surface area (Å²) in [6.07, 6.45) is 3.36. The molecule has 21 heavy (non-hydrogen) atoms. The molecule has 0 fully saturated rings. The van der Waals surface area contributed by atoms with Gasteiger partial charge in [-0.3, -0.25) is 0 Å². The Kier molecular flexibility index (Phi) is 4.74. The summed E-state index contributed by atoms with van der Waals surface area (Å²) in [5, 5.41) is 0. The van der Waals surface area contributed by atoms with E-state index in [1.54, 1.807) is 0 Å². The van der Waals surface area contributed by atoms with Crippen LogP contribution in [0.5, 0.6) is 0 Å². The van der Waals surface area contributed by atoms with Crippen molar-refractivity contribution < 1.29 is 19.4 Å². The summed E-state index contributed by atoms with van der Waals surface area (Å²) in [6, 6.07) is 15.0. The van der Waals surface area contributed by atoms with Gasteiger partial charge in [0.05, 0.1) is 0 Å². The first-order valence-corrected chi connectivity index (χ1v) is 15.0. The van der Waals surface area contributed by atoms with Crippen molar-refractivity contribution in [2.45, 2.75) is 23.9 Å². The van der Waals surface area contributed by atoms with Crippen LogP contribution in [0.15, 0.2) is 48.0 Å². The maximum absolute atomic E-state index is 6.48. The molecule has 0 N–H and O–H groups in total. The van der Waals surface area contributed by atoms with E-state index in [-0.39, 0.29) is 0 Å². The van der Waals surface area contributed by atoms with E-state index < -0.39 is 19.4 Å². The molecular formula is C18H17Cl2Zr. The average Bonchev–Trinajstić information content (AvgIpc) is 2.89. The summed E-state index contributed by atoms with van der Waals surface area (Å²) in [4.78, 5) is 0. The second-order valence-corrected chi connectivity index (χ2v) is 14.2. The Morgan fingerprint density at radius 2 is 1.76 bits per heavy atom. The molecule has 3 heteroatoms. The van der Waals surface area contributed by atoms with Crippen LogP contribution >= 0.6 is 17.0 Å². The Morgan fingerprint density at radius 3 is 2.38 bits per heavy atom. The van der Waals surface area contributed by atoms with Crippen LogP contribution in [0.2, 0.25) is 0 Å². The number of fused-ring (bicyclic) bond motifs is 1. The molecule has 0 amide bonds. The van der Waals surface area contributed by atoms with Gasteiger partial charge >= 0.3 is 142 Å². The van der Waals surface area contributed by atoms with Gasteiger partial charge in [0, 0.05) is 0 Å². The fourth-order valence-electron chi connectivity index (χ4n) is 3.16. The van der Waals surface area contributed by atoms with Crippen LogP contribution in [0, 0.1) is 6.92 Å². The second kappa shape index (κ2) is 6.41. The van der Waals surface area contributed by atoms with Gasteiger partial charge in [-0.05, 0) is 0 Å². The van der Waals surface area contributed by atoms with Crippen molar-refractivity contribution in [1.82, 2.24) is 0 Å². The van der Waals surface area contributed by atoms with Gasteiger partial charge in [-0.15, -0.1) is 0 Å². The van der Waals surface area contributed by atoms with Gasteiger partial charge in [0.2, 0.25) is 0 Å². The van der Waals surface area contributed by atoms with Gasteiger partial charge in [-0.1, -0.05) is 0 Å². The van der Waals surface area contributed by atoms with Crippen LogP contribution in [0.25, 0.3) is 17.2 Å². The third-order valence-electron chi connectivity index (χ3n) is 4.21. The van der Waals surface area contributed by atoms with E-state index in [0.717, 1.165) is 6.42 Å². The van der Waals surface area contributed by atoms with Gasteiger partial charge in [0.25, 0.3) is 0 Å². The Balaban J connectivity index is 2.23. The van der Waals surface area contributed by atoms with Crippen molar-refractivity contribution in [3.05, 3.63) is 64.7 Å². The summed E-state index contributed by atoms with van der Waals surface area (Å²) in [5.41, 5.74) is 8.00. The van der Waals surface area contributed by atoms with E-state index >= 15 is 0 Å². The number of benzene rings is 2. The molecule has 2 aromatic rings. The first-order chi connectivity index (χ1) is 10.1. The van der Waals surface area contributed by atoms with Gasteiger partial charge in [0.1, 0.15) is 0 Å². The van der Waals surface area contributed by atoms with Crippen LogP contribution < -0.4 is 0 Å². The predicted molar refractivity (Wildman–Crippen MR) is 89.3 cm³/mol. The fraction of sp³-hybridized carbons (Fsp3) is 0.222. The van der Waals surface area contributed by atoms with E-state index in [4.69, 9.17) is 17.0 Å². The number of allylic oxidation sites excluding steroid dienone is 1. The van der Waals surface area contributed by atoms with Crippen LogP contribution in [0.1, 0.15) is 33.7 Å². The van der Waals surface area contributed by atoms with Crippen LogP contribution in [0.3, 0.4) is 0 Å². The number of hydrogen-bond donors (Lipinski definition) is 0. The normalized spacial score (nSPS) is 16.6. The van der Waals surface area contributed by atoms with Crippen LogP contribution in [0.4, 0.5) is 0 Å². The van der Waals surface area contributed by atoms with Gasteiger partial charge in [-0.2, -0.15) is 0 Å². The van der Waals surface area contributed by atoms with E-state index in [9.17, 15) is 0 Å². The Morgan fingerprint density at radius 1 is 1.05 bits per heavy atom. The summed E-state index contributed by atoms with van der Waals surface area (Å²) >= 11 is -2.38. The molecule has 1 aliphatic rings. The maximum atomic E-state index is 6.48. The SMILES string of the molecule is CCC1=Cc2c(-c3ccccc3)ccc(C)c2[CH]1[Zr]([Cl])[Cl]. The number of aryl methyl sites for hydroxylation is 1. The predicted octanol–water partition coefficient (Wildman–Crippen LogP) is 6.44. The van der Waals surface area contributed by atoms with Gasteiger partial charge in [0.15, 0.2) is 0 Å². The zero-order chi connectivity index (χ0) is 15.0. The molecule has 0 bridgehead atoms. The standard InChI is InChI=1S/C18H17.2ClH.Zr/c1-3-14-11-17-13(2)9-10-16(18(17)12-14)15-7-5-4-6-8-15;;;/h4-12H,3H2,1-2H3;2*1H;/q;;;+2/p-2. The van der Waals surface area contributed by atoms with E-state index in [1.807, 2.05) is 0 Å². The molecule has 1 unspecified atom stereocenters. The number of hydrogen-bond acceptors (Lipinski definition) is 0. The number of halogens is 2. The molecule has 107 valence electrons. The molecule has 3 rings (SSSR count). The van der Waals surface area contributed by atoms with Crippen molar-refractivity contribution in [1.29, 1.82) is 0 Å². The third kappa shape index (κ3) is 2.81. The Labute approximate surface area is 141 Å². The van der Waals surface area contributed by atoms with Crippen molar-refractivity contribution >= 4 is 23.1 Å². The summed E-state index contributed by atoms with van der Waals surface area (Å²) < 4.78 is 0.319. The molecular weight excluding hydrogens is 378 g/mol. The number of rotatable bonds is 3. The molecule has 0 saturated heterocycles. The van der Waals surface area contributed by atoms with Gasteiger partial charge in [-0.25, -0.2) is 0 Å². The van der Waals surface area contributed by atoms with E-state index in [1.165, 1.54) is 33.4 Å². The molecule has 2 aromatic carbocycles. The van der Waals surface area contributed by atoms with E-state index in [0.29, 0.717) is 3.63 Å². The first kappa shape index (κ1) is 15.5. The van der Waals surface area contributed by atoms with E-state index in [2.05, 4.69) is 62.4 Å². The molecule has 0 heterocycles. The molecule has 0 nitrogen and oxygen atoms in total. The van der Waals surface area contributed by atoms with Crippen molar-refractivity contribution in [3.8, 4) is 11.1 Å². The van der Waals surface area contributed by atoms with Crippen molar-refractivity contribution in [3.63, 3.8) is 0 Å². The zero-order valence-electron chi connectivity index (χ0n) is 12.2. The quantitative estimate of drug-likeness (QED) is 0.561. The summed E-state index contributed by atoms with van der Waals surface area (Å²) in [7, 11) is 13.0. The minimum atomic E-state index is -2.38. The van der Waals surface area contributed by atoms with Crippen LogP contribution in [-0.2, 0) is 19.4 Å². The first-order valence-electron chi connectivity index (χ1n) is 7.20. The topological polar surface area (TPSA) is 0 Å². The summed E-state index contributed by atoms with van der Waals surface area (Å²) in [6.45, 7) is 4.37. The molecule has 0 aromatic heterocycles. The molecule has 1 aliphatic carbocycles. The molecule has 1 atom stereocenters. The molecule has 0 radical (unpaired) electrons.